The molecule has 0 fully saturated rings. The number of rotatable bonds is 12. The van der Waals surface area contributed by atoms with Crippen molar-refractivity contribution in [3.05, 3.63) is 29.8 Å². The van der Waals surface area contributed by atoms with E-state index in [1.54, 1.807) is 0 Å². The fourth-order valence-electron chi connectivity index (χ4n) is 2.62. The van der Waals surface area contributed by atoms with Gasteiger partial charge in [-0.3, -0.25) is 24.0 Å². The quantitative estimate of drug-likeness (QED) is 0.157. The maximum Gasteiger partial charge on any atom is 0.325 e. The highest BCUT2D eigenvalue weighted by Gasteiger charge is 2.31. The topological polar surface area (TPSA) is 234 Å². The molecule has 0 aliphatic rings. The Hall–Kier alpha value is -3.71. The number of primary amides is 1. The SMILES string of the molecule is CC(NC(=O)C(Cc1ccc(O)cc1)NC(=O)C(CC(N)=O)NC(=O)C(N)C(C)O)C(=O)O. The average molecular weight is 467 g/mol. The van der Waals surface area contributed by atoms with Crippen LogP contribution in [0.3, 0.4) is 0 Å². The van der Waals surface area contributed by atoms with Gasteiger partial charge in [-0.1, -0.05) is 12.1 Å². The predicted molar refractivity (Wildman–Crippen MR) is 114 cm³/mol. The Morgan fingerprint density at radius 1 is 0.909 bits per heavy atom. The van der Waals surface area contributed by atoms with Gasteiger partial charge in [-0.2, -0.15) is 0 Å². The fraction of sp³-hybridized carbons (Fsp3) is 0.450. The predicted octanol–water partition coefficient (Wildman–Crippen LogP) is -2.92. The summed E-state index contributed by atoms with van der Waals surface area (Å²) in [7, 11) is 0. The number of carbonyl (C=O) groups is 5. The highest BCUT2D eigenvalue weighted by molar-refractivity contribution is 5.96. The molecule has 33 heavy (non-hydrogen) atoms. The van der Waals surface area contributed by atoms with Crippen LogP contribution in [-0.4, -0.2) is 75.2 Å². The lowest BCUT2D eigenvalue weighted by molar-refractivity contribution is -0.142. The van der Waals surface area contributed by atoms with E-state index >= 15 is 0 Å². The van der Waals surface area contributed by atoms with Crippen LogP contribution in [0, 0.1) is 0 Å². The number of benzene rings is 1. The third-order valence-electron chi connectivity index (χ3n) is 4.60. The third kappa shape index (κ3) is 9.13. The van der Waals surface area contributed by atoms with Crippen molar-refractivity contribution in [3.8, 4) is 5.75 Å². The number of hydrogen-bond acceptors (Lipinski definition) is 8. The molecule has 0 aliphatic heterocycles. The zero-order chi connectivity index (χ0) is 25.3. The number of aliphatic hydroxyl groups excluding tert-OH is 1. The molecule has 0 aromatic heterocycles. The molecule has 13 heteroatoms. The minimum atomic E-state index is -1.51. The van der Waals surface area contributed by atoms with Gasteiger partial charge in [-0.05, 0) is 31.5 Å². The van der Waals surface area contributed by atoms with Gasteiger partial charge >= 0.3 is 5.97 Å². The molecule has 5 atom stereocenters. The van der Waals surface area contributed by atoms with Gasteiger partial charge in [0, 0.05) is 6.42 Å². The number of hydrogen-bond donors (Lipinski definition) is 8. The highest BCUT2D eigenvalue weighted by atomic mass is 16.4. The summed E-state index contributed by atoms with van der Waals surface area (Å²) in [4.78, 5) is 60.1. The van der Waals surface area contributed by atoms with Crippen molar-refractivity contribution in [2.75, 3.05) is 0 Å². The van der Waals surface area contributed by atoms with Crippen molar-refractivity contribution in [2.24, 2.45) is 11.5 Å². The number of carboxylic acid groups (broad SMARTS) is 1. The van der Waals surface area contributed by atoms with Crippen molar-refractivity contribution in [1.82, 2.24) is 16.0 Å². The van der Waals surface area contributed by atoms with Crippen molar-refractivity contribution in [2.45, 2.75) is 57.0 Å². The van der Waals surface area contributed by atoms with Crippen LogP contribution in [0.5, 0.6) is 5.75 Å². The zero-order valence-electron chi connectivity index (χ0n) is 18.1. The van der Waals surface area contributed by atoms with Gasteiger partial charge in [0.1, 0.15) is 29.9 Å². The molecule has 4 amide bonds. The smallest absolute Gasteiger partial charge is 0.325 e. The Kier molecular flexibility index (Phi) is 10.2. The summed E-state index contributed by atoms with van der Waals surface area (Å²) in [6, 6.07) is 0.245. The van der Waals surface area contributed by atoms with Crippen molar-refractivity contribution >= 4 is 29.6 Å². The summed E-state index contributed by atoms with van der Waals surface area (Å²) in [5, 5.41) is 34.7. The van der Waals surface area contributed by atoms with E-state index in [0.717, 1.165) is 0 Å². The van der Waals surface area contributed by atoms with Gasteiger partial charge in [0.2, 0.25) is 23.6 Å². The molecule has 182 valence electrons. The molecule has 5 unspecified atom stereocenters. The second-order valence-electron chi connectivity index (χ2n) is 7.50. The number of nitrogens with one attached hydrogen (secondary N) is 3. The molecular formula is C20H29N5O8. The van der Waals surface area contributed by atoms with Crippen LogP contribution < -0.4 is 27.4 Å². The fourth-order valence-corrected chi connectivity index (χ4v) is 2.62. The molecule has 1 aromatic carbocycles. The summed E-state index contributed by atoms with van der Waals surface area (Å²) < 4.78 is 0. The van der Waals surface area contributed by atoms with E-state index in [1.165, 1.54) is 38.1 Å². The second-order valence-corrected chi connectivity index (χ2v) is 7.50. The van der Waals surface area contributed by atoms with Crippen molar-refractivity contribution in [3.63, 3.8) is 0 Å². The Labute approximate surface area is 189 Å². The average Bonchev–Trinajstić information content (AvgIpc) is 2.72. The molecule has 0 saturated heterocycles. The molecule has 0 saturated carbocycles. The van der Waals surface area contributed by atoms with E-state index in [1.807, 2.05) is 0 Å². The third-order valence-corrected chi connectivity index (χ3v) is 4.60. The van der Waals surface area contributed by atoms with Crippen LogP contribution in [0.1, 0.15) is 25.8 Å². The van der Waals surface area contributed by atoms with Gasteiger partial charge < -0.3 is 42.7 Å². The lowest BCUT2D eigenvalue weighted by Crippen LogP contribution is -2.59. The largest absolute Gasteiger partial charge is 0.508 e. The number of carbonyl (C=O) groups excluding carboxylic acids is 4. The van der Waals surface area contributed by atoms with Crippen LogP contribution >= 0.6 is 0 Å². The molecule has 1 aromatic rings. The summed E-state index contributed by atoms with van der Waals surface area (Å²) in [6.07, 6.45) is -1.97. The van der Waals surface area contributed by atoms with E-state index in [9.17, 15) is 34.2 Å². The van der Waals surface area contributed by atoms with Gasteiger partial charge in [0.15, 0.2) is 0 Å². The summed E-state index contributed by atoms with van der Waals surface area (Å²) in [6.45, 7) is 2.49. The lowest BCUT2D eigenvalue weighted by Gasteiger charge is -2.24. The summed E-state index contributed by atoms with van der Waals surface area (Å²) >= 11 is 0. The Morgan fingerprint density at radius 3 is 1.91 bits per heavy atom. The number of phenolic OH excluding ortho intramolecular Hbond substituents is 1. The summed E-state index contributed by atoms with van der Waals surface area (Å²) in [5.41, 5.74) is 11.2. The first kappa shape index (κ1) is 27.3. The van der Waals surface area contributed by atoms with Crippen LogP contribution in [0.4, 0.5) is 0 Å². The minimum Gasteiger partial charge on any atom is -0.508 e. The second kappa shape index (κ2) is 12.4. The van der Waals surface area contributed by atoms with Gasteiger partial charge in [-0.15, -0.1) is 0 Å². The van der Waals surface area contributed by atoms with Crippen molar-refractivity contribution < 1.29 is 39.3 Å². The molecule has 0 spiro atoms. The van der Waals surface area contributed by atoms with E-state index in [0.29, 0.717) is 5.56 Å². The maximum absolute atomic E-state index is 12.8. The number of carboxylic acids is 1. The van der Waals surface area contributed by atoms with E-state index in [4.69, 9.17) is 16.6 Å². The van der Waals surface area contributed by atoms with Crippen LogP contribution in [0.25, 0.3) is 0 Å². The number of nitrogens with two attached hydrogens (primary N) is 2. The molecule has 0 radical (unpaired) electrons. The first-order valence-electron chi connectivity index (χ1n) is 9.95. The Balaban J connectivity index is 3.10. The minimum absolute atomic E-state index is 0.0260. The number of amides is 4. The molecule has 1 rings (SSSR count). The van der Waals surface area contributed by atoms with E-state index in [2.05, 4.69) is 16.0 Å². The Morgan fingerprint density at radius 2 is 1.42 bits per heavy atom. The molecule has 0 heterocycles. The molecular weight excluding hydrogens is 438 g/mol. The van der Waals surface area contributed by atoms with Crippen molar-refractivity contribution in [1.29, 1.82) is 0 Å². The standard InChI is InChI=1S/C20H29N5O8/c1-9(20(32)33)23-17(29)13(7-11-3-5-12(27)6-4-11)24-18(30)14(8-15(21)28)25-19(31)16(22)10(2)26/h3-6,9-10,13-14,16,26-27H,7-8,22H2,1-2H3,(H2,21,28)(H,23,29)(H,24,30)(H,25,31)(H,32,33). The monoisotopic (exact) mass is 467 g/mol. The number of aromatic hydroxyl groups is 1. The number of aliphatic hydroxyl groups is 1. The molecule has 0 aliphatic carbocycles. The van der Waals surface area contributed by atoms with E-state index in [-0.39, 0.29) is 12.2 Å². The first-order chi connectivity index (χ1) is 15.3. The van der Waals surface area contributed by atoms with Gasteiger partial charge in [0.25, 0.3) is 0 Å². The lowest BCUT2D eigenvalue weighted by atomic mass is 10.0. The highest BCUT2D eigenvalue weighted by Crippen LogP contribution is 2.12. The van der Waals surface area contributed by atoms with Crippen LogP contribution in [0.15, 0.2) is 24.3 Å². The zero-order valence-corrected chi connectivity index (χ0v) is 18.1. The van der Waals surface area contributed by atoms with Crippen LogP contribution in [-0.2, 0) is 30.4 Å². The Bertz CT molecular complexity index is 874. The number of aliphatic carboxylic acids is 1. The molecule has 0 bridgehead atoms. The van der Waals surface area contributed by atoms with E-state index < -0.39 is 66.3 Å². The molecule has 13 nitrogen and oxygen atoms in total. The normalized spacial score (nSPS) is 15.3. The van der Waals surface area contributed by atoms with Gasteiger partial charge in [0.05, 0.1) is 12.5 Å². The maximum atomic E-state index is 12.8. The number of phenols is 1. The first-order valence-corrected chi connectivity index (χ1v) is 9.95. The summed E-state index contributed by atoms with van der Waals surface area (Å²) in [5.74, 6) is -4.98. The molecule has 10 N–H and O–H groups in total. The van der Waals surface area contributed by atoms with Crippen LogP contribution in [0.2, 0.25) is 0 Å². The van der Waals surface area contributed by atoms with Gasteiger partial charge in [-0.25, -0.2) is 0 Å².